The van der Waals surface area contributed by atoms with Gasteiger partial charge in [-0.05, 0) is 23.8 Å². The number of aromatic hydroxyl groups is 1. The van der Waals surface area contributed by atoms with Gasteiger partial charge in [-0.25, -0.2) is 5.06 Å². The molecule has 3 atom stereocenters. The minimum absolute atomic E-state index is 0.0643. The van der Waals surface area contributed by atoms with Crippen molar-refractivity contribution < 1.29 is 19.5 Å². The van der Waals surface area contributed by atoms with Gasteiger partial charge in [0.2, 0.25) is 5.91 Å². The summed E-state index contributed by atoms with van der Waals surface area (Å²) in [5.74, 6) is -1.32. The summed E-state index contributed by atoms with van der Waals surface area (Å²) in [6.45, 7) is 0.202. The molecule has 0 aliphatic carbocycles. The molecule has 0 saturated carbocycles. The Balaban J connectivity index is 1.54. The van der Waals surface area contributed by atoms with Crippen LogP contribution in [-0.4, -0.2) is 27.9 Å². The molecule has 5 rings (SSSR count). The summed E-state index contributed by atoms with van der Waals surface area (Å²) in [6, 6.07) is 25.0. The summed E-state index contributed by atoms with van der Waals surface area (Å²) >= 11 is 0. The fourth-order valence-corrected chi connectivity index (χ4v) is 4.25. The van der Waals surface area contributed by atoms with Gasteiger partial charge in [-0.3, -0.25) is 19.3 Å². The van der Waals surface area contributed by atoms with E-state index in [4.69, 9.17) is 4.84 Å². The third-order valence-electron chi connectivity index (χ3n) is 5.66. The fourth-order valence-electron chi connectivity index (χ4n) is 4.25. The van der Waals surface area contributed by atoms with Crippen LogP contribution in [0.3, 0.4) is 0 Å². The standard InChI is InChI=1S/C24H20N2O4/c27-19-14-8-7-13-18(19)21-20-22(30-26(21)17-11-5-2-6-12-17)24(29)25(23(20)28)15-16-9-3-1-4-10-16/h1-14,20-22,27H,15H2/t20-,21+,22-/m1/s1. The topological polar surface area (TPSA) is 70.1 Å². The van der Waals surface area contributed by atoms with E-state index in [-0.39, 0.29) is 24.1 Å². The predicted molar refractivity (Wildman–Crippen MR) is 110 cm³/mol. The third kappa shape index (κ3) is 2.93. The molecular formula is C24H20N2O4. The Labute approximate surface area is 173 Å². The number of benzene rings is 3. The molecular weight excluding hydrogens is 380 g/mol. The van der Waals surface area contributed by atoms with Gasteiger partial charge in [0.15, 0.2) is 6.10 Å². The SMILES string of the molecule is O=C1[C@H]2[C@@H](ON(c3ccccc3)[C@H]2c2ccccc2O)C(=O)N1Cc1ccccc1. The highest BCUT2D eigenvalue weighted by molar-refractivity contribution is 6.07. The van der Waals surface area contributed by atoms with Crippen molar-refractivity contribution in [2.45, 2.75) is 18.7 Å². The smallest absolute Gasteiger partial charge is 0.262 e. The number of nitrogens with zero attached hydrogens (tertiary/aromatic N) is 2. The molecule has 2 fully saturated rings. The summed E-state index contributed by atoms with van der Waals surface area (Å²) in [6.07, 6.45) is -0.925. The Morgan fingerprint density at radius 1 is 0.800 bits per heavy atom. The van der Waals surface area contributed by atoms with Gasteiger partial charge in [0.1, 0.15) is 11.7 Å². The van der Waals surface area contributed by atoms with Crippen LogP contribution in [0.15, 0.2) is 84.9 Å². The lowest BCUT2D eigenvalue weighted by Gasteiger charge is -2.29. The molecule has 2 aliphatic heterocycles. The van der Waals surface area contributed by atoms with Gasteiger partial charge in [0.05, 0.1) is 18.3 Å². The normalized spacial score (nSPS) is 23.1. The van der Waals surface area contributed by atoms with Crippen molar-refractivity contribution in [3.05, 3.63) is 96.1 Å². The number of hydrogen-bond donors (Lipinski definition) is 1. The molecule has 6 nitrogen and oxygen atoms in total. The number of phenols is 1. The Bertz CT molecular complexity index is 1090. The third-order valence-corrected chi connectivity index (χ3v) is 5.66. The first-order valence-corrected chi connectivity index (χ1v) is 9.83. The number of phenolic OH excluding ortho intramolecular Hbond substituents is 1. The van der Waals surface area contributed by atoms with Crippen molar-refractivity contribution >= 4 is 17.5 Å². The average Bonchev–Trinajstić information content (AvgIpc) is 3.27. The van der Waals surface area contributed by atoms with Gasteiger partial charge in [0, 0.05) is 5.56 Å². The van der Waals surface area contributed by atoms with Crippen LogP contribution in [0.25, 0.3) is 0 Å². The Hall–Kier alpha value is -3.64. The number of amides is 2. The monoisotopic (exact) mass is 400 g/mol. The molecule has 2 heterocycles. The van der Waals surface area contributed by atoms with Crippen molar-refractivity contribution in [1.82, 2.24) is 4.90 Å². The molecule has 0 radical (unpaired) electrons. The van der Waals surface area contributed by atoms with E-state index in [9.17, 15) is 14.7 Å². The summed E-state index contributed by atoms with van der Waals surface area (Å²) in [7, 11) is 0. The zero-order valence-corrected chi connectivity index (χ0v) is 16.1. The first-order valence-electron chi connectivity index (χ1n) is 9.83. The number of para-hydroxylation sites is 2. The van der Waals surface area contributed by atoms with E-state index in [0.29, 0.717) is 5.56 Å². The molecule has 30 heavy (non-hydrogen) atoms. The molecule has 0 aromatic heterocycles. The zero-order valence-electron chi connectivity index (χ0n) is 16.1. The van der Waals surface area contributed by atoms with Gasteiger partial charge in [-0.1, -0.05) is 66.7 Å². The number of anilines is 1. The molecule has 3 aromatic rings. The van der Waals surface area contributed by atoms with Crippen molar-refractivity contribution in [3.8, 4) is 5.75 Å². The van der Waals surface area contributed by atoms with E-state index < -0.39 is 18.1 Å². The highest BCUT2D eigenvalue weighted by Crippen LogP contribution is 2.48. The summed E-state index contributed by atoms with van der Waals surface area (Å²) < 4.78 is 0. The highest BCUT2D eigenvalue weighted by atomic mass is 16.7. The van der Waals surface area contributed by atoms with Crippen LogP contribution in [0, 0.1) is 5.92 Å². The molecule has 0 spiro atoms. The maximum absolute atomic E-state index is 13.4. The maximum atomic E-state index is 13.4. The minimum Gasteiger partial charge on any atom is -0.508 e. The number of fused-ring (bicyclic) bond motifs is 1. The predicted octanol–water partition coefficient (Wildman–Crippen LogP) is 3.44. The number of carbonyl (C=O) groups excluding carboxylic acids is 2. The minimum atomic E-state index is -0.925. The van der Waals surface area contributed by atoms with Crippen LogP contribution < -0.4 is 5.06 Å². The second-order valence-corrected chi connectivity index (χ2v) is 7.47. The van der Waals surface area contributed by atoms with E-state index in [1.54, 1.807) is 29.3 Å². The number of hydroxylamine groups is 1. The molecule has 0 unspecified atom stereocenters. The van der Waals surface area contributed by atoms with E-state index in [2.05, 4.69) is 0 Å². The van der Waals surface area contributed by atoms with Crippen molar-refractivity contribution in [2.24, 2.45) is 5.92 Å². The first kappa shape index (κ1) is 18.4. The van der Waals surface area contributed by atoms with Crippen LogP contribution in [0.1, 0.15) is 17.2 Å². The van der Waals surface area contributed by atoms with Gasteiger partial charge in [0.25, 0.3) is 5.91 Å². The molecule has 6 heteroatoms. The Morgan fingerprint density at radius 3 is 2.13 bits per heavy atom. The van der Waals surface area contributed by atoms with E-state index >= 15 is 0 Å². The van der Waals surface area contributed by atoms with Gasteiger partial charge >= 0.3 is 0 Å². The van der Waals surface area contributed by atoms with E-state index in [1.807, 2.05) is 60.7 Å². The maximum Gasteiger partial charge on any atom is 0.262 e. The average molecular weight is 400 g/mol. The van der Waals surface area contributed by atoms with Crippen molar-refractivity contribution in [3.63, 3.8) is 0 Å². The summed E-state index contributed by atoms with van der Waals surface area (Å²) in [5, 5.41) is 12.1. The first-order chi connectivity index (χ1) is 14.6. The second-order valence-electron chi connectivity index (χ2n) is 7.47. The van der Waals surface area contributed by atoms with Crippen LogP contribution in [-0.2, 0) is 21.0 Å². The summed E-state index contributed by atoms with van der Waals surface area (Å²) in [4.78, 5) is 33.8. The number of imide groups is 1. The number of likely N-dealkylation sites (tertiary alicyclic amines) is 1. The molecule has 0 bridgehead atoms. The molecule has 2 amide bonds. The largest absolute Gasteiger partial charge is 0.508 e. The van der Waals surface area contributed by atoms with Gasteiger partial charge < -0.3 is 5.11 Å². The lowest BCUT2D eigenvalue weighted by Crippen LogP contribution is -2.36. The van der Waals surface area contributed by atoms with Crippen molar-refractivity contribution in [2.75, 3.05) is 5.06 Å². The number of carbonyl (C=O) groups is 2. The lowest BCUT2D eigenvalue weighted by molar-refractivity contribution is -0.143. The second kappa shape index (κ2) is 7.31. The van der Waals surface area contributed by atoms with Crippen LogP contribution >= 0.6 is 0 Å². The number of hydrogen-bond acceptors (Lipinski definition) is 5. The zero-order chi connectivity index (χ0) is 20.7. The number of rotatable bonds is 4. The van der Waals surface area contributed by atoms with E-state index in [0.717, 1.165) is 11.3 Å². The van der Waals surface area contributed by atoms with Crippen LogP contribution in [0.5, 0.6) is 5.75 Å². The molecule has 2 aliphatic rings. The molecule has 150 valence electrons. The fraction of sp³-hybridized carbons (Fsp3) is 0.167. The van der Waals surface area contributed by atoms with Crippen LogP contribution in [0.2, 0.25) is 0 Å². The van der Waals surface area contributed by atoms with Crippen LogP contribution in [0.4, 0.5) is 5.69 Å². The van der Waals surface area contributed by atoms with Crippen molar-refractivity contribution in [1.29, 1.82) is 0 Å². The molecule has 3 aromatic carbocycles. The quantitative estimate of drug-likeness (QED) is 0.680. The molecule has 2 saturated heterocycles. The Morgan fingerprint density at radius 2 is 1.43 bits per heavy atom. The Kier molecular flexibility index (Phi) is 4.48. The summed E-state index contributed by atoms with van der Waals surface area (Å²) in [5.41, 5.74) is 2.14. The highest BCUT2D eigenvalue weighted by Gasteiger charge is 2.60. The van der Waals surface area contributed by atoms with Gasteiger partial charge in [-0.15, -0.1) is 0 Å². The lowest BCUT2D eigenvalue weighted by atomic mass is 9.90. The molecule has 1 N–H and O–H groups in total. The van der Waals surface area contributed by atoms with Gasteiger partial charge in [-0.2, -0.15) is 0 Å². The van der Waals surface area contributed by atoms with E-state index in [1.165, 1.54) is 4.90 Å².